The Labute approximate surface area is 218 Å². The van der Waals surface area contributed by atoms with Crippen molar-refractivity contribution in [2.75, 3.05) is 18.8 Å². The second kappa shape index (κ2) is 17.6. The molecule has 0 aliphatic heterocycles. The number of guanidine groups is 2. The minimum Gasteiger partial charge on any atom is -0.481 e. The highest BCUT2D eigenvalue weighted by Crippen LogP contribution is 2.04. The molecule has 0 saturated carbocycles. The number of nitrogens with zero attached hydrogens (tertiary/aromatic N) is 2. The number of carboxylic acid groups (broad SMARTS) is 2. The Morgan fingerprint density at radius 3 is 1.65 bits per heavy atom. The maximum absolute atomic E-state index is 12.8. The van der Waals surface area contributed by atoms with Crippen LogP contribution in [-0.4, -0.2) is 94.8 Å². The number of thiol groups is 1. The molecule has 0 radical (unpaired) electrons. The van der Waals surface area contributed by atoms with Crippen LogP contribution >= 0.6 is 12.6 Å². The third-order valence-corrected chi connectivity index (χ3v) is 5.06. The number of aliphatic imine (C=N–C) groups is 2. The Kier molecular flexibility index (Phi) is 15.8. The number of carboxylic acids is 2. The summed E-state index contributed by atoms with van der Waals surface area (Å²) >= 11 is 4.06. The van der Waals surface area contributed by atoms with Gasteiger partial charge in [0.15, 0.2) is 11.9 Å². The molecule has 15 N–H and O–H groups in total. The Hall–Kier alpha value is -3.80. The number of nitrogens with two attached hydrogens (primary N) is 5. The number of hydrogen-bond acceptors (Lipinski definition) is 9. The molecule has 0 aliphatic rings. The fraction of sp³-hybridized carbons (Fsp3) is 0.632. The van der Waals surface area contributed by atoms with E-state index in [0.717, 1.165) is 0 Å². The number of carbonyl (C=O) groups is 5. The second-order valence-corrected chi connectivity index (χ2v) is 8.17. The molecule has 0 bridgehead atoms. The monoisotopic (exact) mass is 548 g/mol. The highest BCUT2D eigenvalue weighted by Gasteiger charge is 2.30. The Bertz CT molecular complexity index is 862. The van der Waals surface area contributed by atoms with E-state index in [2.05, 4.69) is 38.6 Å². The van der Waals surface area contributed by atoms with Gasteiger partial charge in [0, 0.05) is 18.8 Å². The van der Waals surface area contributed by atoms with Crippen LogP contribution in [0.25, 0.3) is 0 Å². The molecular weight excluding hydrogens is 512 g/mol. The van der Waals surface area contributed by atoms with Crippen molar-refractivity contribution in [2.24, 2.45) is 38.7 Å². The van der Waals surface area contributed by atoms with Gasteiger partial charge < -0.3 is 54.8 Å². The summed E-state index contributed by atoms with van der Waals surface area (Å²) in [6.07, 6.45) is -0.0915. The van der Waals surface area contributed by atoms with Crippen molar-refractivity contribution in [3.05, 3.63) is 0 Å². The first kappa shape index (κ1) is 33.2. The van der Waals surface area contributed by atoms with E-state index in [1.54, 1.807) is 0 Å². The summed E-state index contributed by atoms with van der Waals surface area (Å²) in [6.45, 7) is 0.358. The maximum atomic E-state index is 12.8. The molecule has 0 fully saturated rings. The Morgan fingerprint density at radius 2 is 1.19 bits per heavy atom. The molecule has 37 heavy (non-hydrogen) atoms. The molecule has 0 aromatic rings. The molecule has 0 rings (SSSR count). The van der Waals surface area contributed by atoms with Crippen LogP contribution in [0, 0.1) is 0 Å². The topological polar surface area (TPSA) is 317 Å². The van der Waals surface area contributed by atoms with E-state index in [0.29, 0.717) is 6.42 Å². The van der Waals surface area contributed by atoms with Crippen LogP contribution in [0.4, 0.5) is 0 Å². The lowest BCUT2D eigenvalue weighted by molar-refractivity contribution is -0.147. The summed E-state index contributed by atoms with van der Waals surface area (Å²) in [5, 5.41) is 25.0. The maximum Gasteiger partial charge on any atom is 0.326 e. The summed E-state index contributed by atoms with van der Waals surface area (Å²) in [7, 11) is 0. The predicted molar refractivity (Wildman–Crippen MR) is 137 cm³/mol. The number of nitrogens with one attached hydrogen (secondary N) is 3. The highest BCUT2D eigenvalue weighted by molar-refractivity contribution is 7.80. The first-order valence-corrected chi connectivity index (χ1v) is 11.7. The summed E-state index contributed by atoms with van der Waals surface area (Å²) in [4.78, 5) is 67.7. The quantitative estimate of drug-likeness (QED) is 0.0333. The molecule has 17 nitrogen and oxygen atoms in total. The zero-order valence-electron chi connectivity index (χ0n) is 20.1. The standard InChI is InChI=1S/C19H36N10O7S/c20-9(3-1-5-25-18(21)22)14(32)29-12(8-37)16(34)27-10(4-2-6-26-19(23)24)15(33)28-11(17(35)36)7-13(30)31/h9-12,37H,1-8,20H2,(H,27,34)(H,28,33)(H,29,32)(H,30,31)(H,35,36)(H4,21,22,25)(H4,23,24,26). The van der Waals surface area contributed by atoms with Gasteiger partial charge in [-0.2, -0.15) is 12.6 Å². The molecule has 4 atom stereocenters. The van der Waals surface area contributed by atoms with Crippen molar-refractivity contribution >= 4 is 54.2 Å². The molecule has 0 spiro atoms. The molecular formula is C19H36N10O7S. The van der Waals surface area contributed by atoms with E-state index in [4.69, 9.17) is 33.8 Å². The lowest BCUT2D eigenvalue weighted by Gasteiger charge is -2.24. The lowest BCUT2D eigenvalue weighted by Crippen LogP contribution is -2.57. The minimum atomic E-state index is -1.74. The van der Waals surface area contributed by atoms with E-state index in [-0.39, 0.29) is 50.0 Å². The van der Waals surface area contributed by atoms with Crippen molar-refractivity contribution in [2.45, 2.75) is 56.3 Å². The summed E-state index contributed by atoms with van der Waals surface area (Å²) in [6, 6.07) is -5.21. The zero-order valence-corrected chi connectivity index (χ0v) is 21.0. The van der Waals surface area contributed by atoms with Crippen molar-refractivity contribution in [3.8, 4) is 0 Å². The molecule has 0 saturated heterocycles. The van der Waals surface area contributed by atoms with Gasteiger partial charge in [0.1, 0.15) is 18.1 Å². The van der Waals surface area contributed by atoms with E-state index < -0.39 is 60.2 Å². The summed E-state index contributed by atoms with van der Waals surface area (Å²) in [5.41, 5.74) is 26.8. The third kappa shape index (κ3) is 15.0. The molecule has 0 heterocycles. The van der Waals surface area contributed by atoms with Crippen LogP contribution in [0.2, 0.25) is 0 Å². The summed E-state index contributed by atoms with van der Waals surface area (Å²) in [5.74, 6) is -5.87. The first-order valence-electron chi connectivity index (χ1n) is 11.1. The van der Waals surface area contributed by atoms with Crippen molar-refractivity contribution in [3.63, 3.8) is 0 Å². The minimum absolute atomic E-state index is 0.0364. The van der Waals surface area contributed by atoms with Crippen LogP contribution in [0.3, 0.4) is 0 Å². The van der Waals surface area contributed by atoms with Gasteiger partial charge in [-0.25, -0.2) is 4.79 Å². The van der Waals surface area contributed by atoms with E-state index >= 15 is 0 Å². The van der Waals surface area contributed by atoms with Gasteiger partial charge in [0.2, 0.25) is 17.7 Å². The van der Waals surface area contributed by atoms with Crippen LogP contribution in [0.1, 0.15) is 32.1 Å². The van der Waals surface area contributed by atoms with Gasteiger partial charge in [-0.15, -0.1) is 0 Å². The normalized spacial score (nSPS) is 13.7. The van der Waals surface area contributed by atoms with E-state index in [9.17, 15) is 29.1 Å². The van der Waals surface area contributed by atoms with Crippen LogP contribution in [0.5, 0.6) is 0 Å². The number of carbonyl (C=O) groups excluding carboxylic acids is 3. The van der Waals surface area contributed by atoms with Gasteiger partial charge in [-0.1, -0.05) is 0 Å². The zero-order chi connectivity index (χ0) is 28.5. The van der Waals surface area contributed by atoms with E-state index in [1.807, 2.05) is 0 Å². The Morgan fingerprint density at radius 1 is 0.730 bits per heavy atom. The van der Waals surface area contributed by atoms with Gasteiger partial charge in [-0.3, -0.25) is 29.2 Å². The molecule has 3 amide bonds. The highest BCUT2D eigenvalue weighted by atomic mass is 32.1. The Balaban J connectivity index is 5.33. The van der Waals surface area contributed by atoms with Gasteiger partial charge in [0.25, 0.3) is 0 Å². The average molecular weight is 549 g/mol. The van der Waals surface area contributed by atoms with Crippen LogP contribution < -0.4 is 44.6 Å². The fourth-order valence-corrected chi connectivity index (χ4v) is 3.07. The number of amides is 3. The van der Waals surface area contributed by atoms with E-state index in [1.165, 1.54) is 0 Å². The van der Waals surface area contributed by atoms with Gasteiger partial charge in [-0.05, 0) is 25.7 Å². The lowest BCUT2D eigenvalue weighted by atomic mass is 10.1. The number of hydrogen-bond donors (Lipinski definition) is 11. The average Bonchev–Trinajstić information content (AvgIpc) is 2.80. The number of rotatable bonds is 18. The summed E-state index contributed by atoms with van der Waals surface area (Å²) < 4.78 is 0. The van der Waals surface area contributed by atoms with Crippen molar-refractivity contribution in [1.29, 1.82) is 0 Å². The molecule has 210 valence electrons. The molecule has 0 aliphatic carbocycles. The molecule has 0 aromatic heterocycles. The SMILES string of the molecule is NC(N)=NCCCC(N)C(=O)NC(CS)C(=O)NC(CCCN=C(N)N)C(=O)NC(CC(=O)O)C(=O)O. The van der Waals surface area contributed by atoms with Crippen molar-refractivity contribution < 1.29 is 34.2 Å². The van der Waals surface area contributed by atoms with Crippen LogP contribution in [0.15, 0.2) is 9.98 Å². The predicted octanol–water partition coefficient (Wildman–Crippen LogP) is -4.64. The second-order valence-electron chi connectivity index (χ2n) is 7.81. The first-order chi connectivity index (χ1) is 17.3. The molecule has 18 heteroatoms. The number of aliphatic carboxylic acids is 2. The van der Waals surface area contributed by atoms with Crippen molar-refractivity contribution in [1.82, 2.24) is 16.0 Å². The van der Waals surface area contributed by atoms with Gasteiger partial charge in [0.05, 0.1) is 12.5 Å². The largest absolute Gasteiger partial charge is 0.481 e. The third-order valence-electron chi connectivity index (χ3n) is 4.69. The fourth-order valence-electron chi connectivity index (χ4n) is 2.82. The van der Waals surface area contributed by atoms with Gasteiger partial charge >= 0.3 is 11.9 Å². The molecule has 0 aromatic carbocycles. The van der Waals surface area contributed by atoms with Crippen LogP contribution in [-0.2, 0) is 24.0 Å². The smallest absolute Gasteiger partial charge is 0.326 e. The molecule has 4 unspecified atom stereocenters.